The second-order valence-electron chi connectivity index (χ2n) is 8.91. The van der Waals surface area contributed by atoms with Gasteiger partial charge in [-0.2, -0.15) is 0 Å². The molecule has 1 saturated heterocycles. The number of rotatable bonds is 5. The maximum absolute atomic E-state index is 13.8. The molecule has 0 bridgehead atoms. The highest BCUT2D eigenvalue weighted by Gasteiger charge is 2.60. The highest BCUT2D eigenvalue weighted by molar-refractivity contribution is 6.31. The summed E-state index contributed by atoms with van der Waals surface area (Å²) in [6.07, 6.45) is 1.21. The molecule has 0 aromatic heterocycles. The molecule has 6 nitrogen and oxygen atoms in total. The van der Waals surface area contributed by atoms with E-state index in [0.717, 1.165) is 22.4 Å². The van der Waals surface area contributed by atoms with Crippen molar-refractivity contribution in [2.24, 2.45) is 5.92 Å². The van der Waals surface area contributed by atoms with Crippen LogP contribution in [-0.2, 0) is 21.5 Å². The number of carbonyl (C=O) groups is 2. The van der Waals surface area contributed by atoms with E-state index in [4.69, 9.17) is 16.3 Å². The molecule has 2 unspecified atom stereocenters. The maximum atomic E-state index is 13.8. The number of aryl methyl sites for hydroxylation is 1. The van der Waals surface area contributed by atoms with Crippen molar-refractivity contribution in [3.8, 4) is 5.75 Å². The third-order valence-electron chi connectivity index (χ3n) is 6.83. The highest BCUT2D eigenvalue weighted by Crippen LogP contribution is 2.48. The number of anilines is 2. The van der Waals surface area contributed by atoms with Crippen LogP contribution in [0.2, 0.25) is 5.02 Å². The van der Waals surface area contributed by atoms with Gasteiger partial charge < -0.3 is 15.4 Å². The number of hydrogen-bond donors (Lipinski definition) is 3. The number of amides is 2. The molecule has 3 aromatic carbocycles. The zero-order valence-corrected chi connectivity index (χ0v) is 19.8. The van der Waals surface area contributed by atoms with Gasteiger partial charge in [-0.25, -0.2) is 0 Å². The summed E-state index contributed by atoms with van der Waals surface area (Å²) in [7, 11) is 1.54. The van der Waals surface area contributed by atoms with E-state index in [1.165, 1.54) is 7.11 Å². The number of fused-ring (bicyclic) bond motifs is 2. The normalized spacial score (nSPS) is 23.0. The number of halogens is 1. The molecule has 1 spiro atoms. The summed E-state index contributed by atoms with van der Waals surface area (Å²) in [6.45, 7) is 1.96. The molecule has 174 valence electrons. The molecule has 5 rings (SSSR count). The largest absolute Gasteiger partial charge is 0.495 e. The zero-order chi connectivity index (χ0) is 23.9. The van der Waals surface area contributed by atoms with Gasteiger partial charge in [-0.3, -0.25) is 14.9 Å². The molecule has 0 saturated carbocycles. The molecule has 7 heteroatoms. The molecular formula is C27H26ClN3O3. The summed E-state index contributed by atoms with van der Waals surface area (Å²) >= 11 is 6.18. The SMILES string of the molecule is COc1ccc(Cl)cc1NC(=O)C1CC(Cc2ccccc2)N[C@@]12C(=O)Nc1c(C)cccc12. The van der Waals surface area contributed by atoms with Crippen molar-refractivity contribution in [3.05, 3.63) is 88.4 Å². The van der Waals surface area contributed by atoms with E-state index >= 15 is 0 Å². The summed E-state index contributed by atoms with van der Waals surface area (Å²) in [6, 6.07) is 20.9. The Labute approximate surface area is 203 Å². The van der Waals surface area contributed by atoms with Gasteiger partial charge in [0.15, 0.2) is 0 Å². The molecule has 2 aliphatic rings. The minimum atomic E-state index is -1.16. The van der Waals surface area contributed by atoms with E-state index < -0.39 is 11.5 Å². The first-order chi connectivity index (χ1) is 16.4. The van der Waals surface area contributed by atoms with Crippen LogP contribution in [0.25, 0.3) is 0 Å². The van der Waals surface area contributed by atoms with E-state index in [9.17, 15) is 9.59 Å². The van der Waals surface area contributed by atoms with E-state index in [2.05, 4.69) is 28.1 Å². The van der Waals surface area contributed by atoms with Gasteiger partial charge in [-0.1, -0.05) is 60.1 Å². The van der Waals surface area contributed by atoms with Crippen LogP contribution in [0.5, 0.6) is 5.75 Å². The van der Waals surface area contributed by atoms with Gasteiger partial charge in [0.05, 0.1) is 18.7 Å². The fraction of sp³-hybridized carbons (Fsp3) is 0.259. The second kappa shape index (κ2) is 8.78. The van der Waals surface area contributed by atoms with E-state index in [1.807, 2.05) is 43.3 Å². The fourth-order valence-electron chi connectivity index (χ4n) is 5.26. The molecule has 0 radical (unpaired) electrons. The minimum absolute atomic E-state index is 0.0587. The van der Waals surface area contributed by atoms with Crippen molar-refractivity contribution < 1.29 is 14.3 Å². The van der Waals surface area contributed by atoms with Crippen LogP contribution in [0.1, 0.15) is 23.1 Å². The van der Waals surface area contributed by atoms with E-state index in [0.29, 0.717) is 29.3 Å². The predicted molar refractivity (Wildman–Crippen MR) is 133 cm³/mol. The van der Waals surface area contributed by atoms with Gasteiger partial charge in [0.2, 0.25) is 11.8 Å². The summed E-state index contributed by atoms with van der Waals surface area (Å²) in [5, 5.41) is 10.1. The first kappa shape index (κ1) is 22.4. The number of methoxy groups -OCH3 is 1. The number of benzene rings is 3. The van der Waals surface area contributed by atoms with Crippen LogP contribution in [0.3, 0.4) is 0 Å². The van der Waals surface area contributed by atoms with Gasteiger partial charge in [-0.05, 0) is 49.1 Å². The Bertz CT molecular complexity index is 1260. The number of carbonyl (C=O) groups excluding carboxylic acids is 2. The lowest BCUT2D eigenvalue weighted by atomic mass is 9.79. The standard InChI is InChI=1S/C27H26ClN3O3/c1-16-7-6-10-20-24(16)30-26(33)27(20)21(15-19(31-27)13-17-8-4-3-5-9-17)25(32)29-22-14-18(28)11-12-23(22)34-2/h3-12,14,19,21,31H,13,15H2,1-2H3,(H,29,32)(H,30,33)/t19?,21?,27-/m1/s1. The van der Waals surface area contributed by atoms with Gasteiger partial charge in [0.1, 0.15) is 11.3 Å². The number of ether oxygens (including phenoxy) is 1. The van der Waals surface area contributed by atoms with Gasteiger partial charge in [0.25, 0.3) is 0 Å². The fourth-order valence-corrected chi connectivity index (χ4v) is 5.44. The Balaban J connectivity index is 1.54. The lowest BCUT2D eigenvalue weighted by molar-refractivity contribution is -0.130. The highest BCUT2D eigenvalue weighted by atomic mass is 35.5. The van der Waals surface area contributed by atoms with E-state index in [1.54, 1.807) is 18.2 Å². The van der Waals surface area contributed by atoms with Gasteiger partial charge in [-0.15, -0.1) is 0 Å². The van der Waals surface area contributed by atoms with Crippen LogP contribution >= 0.6 is 11.6 Å². The topological polar surface area (TPSA) is 79.5 Å². The Kier molecular flexibility index (Phi) is 5.80. The first-order valence-corrected chi connectivity index (χ1v) is 11.7. The predicted octanol–water partition coefficient (Wildman–Crippen LogP) is 4.66. The smallest absolute Gasteiger partial charge is 0.250 e. The quantitative estimate of drug-likeness (QED) is 0.501. The summed E-state index contributed by atoms with van der Waals surface area (Å²) in [4.78, 5) is 27.3. The lowest BCUT2D eigenvalue weighted by Crippen LogP contribution is -2.52. The van der Waals surface area contributed by atoms with Crippen molar-refractivity contribution in [2.45, 2.75) is 31.3 Å². The molecule has 2 aliphatic heterocycles. The Morgan fingerprint density at radius 1 is 1.15 bits per heavy atom. The van der Waals surface area contributed by atoms with Crippen LogP contribution in [0.4, 0.5) is 11.4 Å². The van der Waals surface area contributed by atoms with Crippen LogP contribution in [-0.4, -0.2) is 25.0 Å². The van der Waals surface area contributed by atoms with E-state index in [-0.39, 0.29) is 17.9 Å². The third-order valence-corrected chi connectivity index (χ3v) is 7.06. The van der Waals surface area contributed by atoms with Crippen molar-refractivity contribution in [2.75, 3.05) is 17.7 Å². The average Bonchev–Trinajstić information content (AvgIpc) is 3.34. The van der Waals surface area contributed by atoms with Gasteiger partial charge >= 0.3 is 0 Å². The molecule has 2 heterocycles. The average molecular weight is 476 g/mol. The first-order valence-electron chi connectivity index (χ1n) is 11.3. The van der Waals surface area contributed by atoms with Crippen molar-refractivity contribution in [1.29, 1.82) is 0 Å². The molecular weight excluding hydrogens is 450 g/mol. The van der Waals surface area contributed by atoms with Crippen molar-refractivity contribution in [1.82, 2.24) is 5.32 Å². The number of hydrogen-bond acceptors (Lipinski definition) is 4. The Morgan fingerprint density at radius 2 is 1.94 bits per heavy atom. The van der Waals surface area contributed by atoms with Gasteiger partial charge in [0, 0.05) is 22.3 Å². The Morgan fingerprint density at radius 3 is 2.71 bits per heavy atom. The monoisotopic (exact) mass is 475 g/mol. The molecule has 3 atom stereocenters. The zero-order valence-electron chi connectivity index (χ0n) is 19.0. The third kappa shape index (κ3) is 3.73. The molecule has 3 aromatic rings. The molecule has 34 heavy (non-hydrogen) atoms. The maximum Gasteiger partial charge on any atom is 0.250 e. The van der Waals surface area contributed by atoms with Crippen LogP contribution in [0.15, 0.2) is 66.7 Å². The number of para-hydroxylation sites is 1. The van der Waals surface area contributed by atoms with Crippen LogP contribution in [0, 0.1) is 12.8 Å². The number of nitrogens with one attached hydrogen (secondary N) is 3. The Hall–Kier alpha value is -3.35. The van der Waals surface area contributed by atoms with Crippen molar-refractivity contribution in [3.63, 3.8) is 0 Å². The molecule has 0 aliphatic carbocycles. The van der Waals surface area contributed by atoms with Crippen LogP contribution < -0.4 is 20.7 Å². The molecule has 1 fully saturated rings. The second-order valence-corrected chi connectivity index (χ2v) is 9.35. The summed E-state index contributed by atoms with van der Waals surface area (Å²) < 4.78 is 5.41. The molecule has 3 N–H and O–H groups in total. The summed E-state index contributed by atoms with van der Waals surface area (Å²) in [5.41, 5.74) is 3.02. The lowest BCUT2D eigenvalue weighted by Gasteiger charge is -2.29. The molecule has 2 amide bonds. The van der Waals surface area contributed by atoms with Crippen molar-refractivity contribution >= 4 is 34.8 Å². The summed E-state index contributed by atoms with van der Waals surface area (Å²) in [5.74, 6) is -0.586. The minimum Gasteiger partial charge on any atom is -0.495 e.